The lowest BCUT2D eigenvalue weighted by Gasteiger charge is -2.32. The van der Waals surface area contributed by atoms with Crippen LogP contribution in [0, 0.1) is 0 Å². The van der Waals surface area contributed by atoms with Gasteiger partial charge < -0.3 is 14.3 Å². The van der Waals surface area contributed by atoms with Gasteiger partial charge in [-0.3, -0.25) is 9.48 Å². The molecule has 6 rings (SSSR count). The number of benzene rings is 1. The number of hydrogen-bond acceptors (Lipinski definition) is 8. The number of aryl methyl sites for hydroxylation is 1. The second kappa shape index (κ2) is 7.08. The highest BCUT2D eigenvalue weighted by atomic mass is 16.4. The number of imidazole rings is 1. The van der Waals surface area contributed by atoms with E-state index < -0.39 is 11.9 Å². The minimum Gasteiger partial charge on any atom is -0.412 e. The Balaban J connectivity index is 1.40. The summed E-state index contributed by atoms with van der Waals surface area (Å²) >= 11 is 0. The topological polar surface area (TPSA) is 132 Å². The van der Waals surface area contributed by atoms with E-state index in [1.165, 1.54) is 0 Å². The molecule has 1 N–H and O–H groups in total. The highest BCUT2D eigenvalue weighted by Gasteiger charge is 2.38. The molecule has 5 aromatic rings. The Hall–Kier alpha value is -4.41. The van der Waals surface area contributed by atoms with Gasteiger partial charge in [-0.25, -0.2) is 15.0 Å². The molecule has 0 saturated carbocycles. The van der Waals surface area contributed by atoms with E-state index in [4.69, 9.17) is 9.40 Å². The maximum atomic E-state index is 13.4. The first-order valence-electron chi connectivity index (χ1n) is 10.0. The first kappa shape index (κ1) is 18.4. The molecule has 5 heterocycles. The van der Waals surface area contributed by atoms with E-state index in [9.17, 15) is 4.79 Å². The van der Waals surface area contributed by atoms with E-state index in [2.05, 4.69) is 30.2 Å². The van der Waals surface area contributed by atoms with E-state index >= 15 is 0 Å². The number of aromatic nitrogens is 8. The predicted molar refractivity (Wildman–Crippen MR) is 111 cm³/mol. The largest absolute Gasteiger partial charge is 0.412 e. The van der Waals surface area contributed by atoms with Gasteiger partial charge in [0.2, 0.25) is 0 Å². The highest BCUT2D eigenvalue weighted by Crippen LogP contribution is 2.33. The van der Waals surface area contributed by atoms with Gasteiger partial charge in [0.1, 0.15) is 6.04 Å². The van der Waals surface area contributed by atoms with Crippen molar-refractivity contribution in [1.29, 1.82) is 0 Å². The van der Waals surface area contributed by atoms with E-state index in [0.717, 1.165) is 16.6 Å². The molecule has 158 valence electrons. The molecular weight excluding hydrogens is 410 g/mol. The molecule has 1 aliphatic rings. The summed E-state index contributed by atoms with van der Waals surface area (Å²) in [7, 11) is 1.79. The maximum absolute atomic E-state index is 13.4. The fourth-order valence-electron chi connectivity index (χ4n) is 3.96. The van der Waals surface area contributed by atoms with Crippen molar-refractivity contribution in [3.05, 3.63) is 72.3 Å². The van der Waals surface area contributed by atoms with Gasteiger partial charge in [0.25, 0.3) is 5.89 Å². The number of H-pyrrole nitrogens is 1. The fraction of sp³-hybridized carbons (Fsp3) is 0.190. The van der Waals surface area contributed by atoms with Gasteiger partial charge in [-0.1, -0.05) is 18.2 Å². The Morgan fingerprint density at radius 3 is 2.97 bits per heavy atom. The van der Waals surface area contributed by atoms with Crippen LogP contribution in [0.2, 0.25) is 0 Å². The van der Waals surface area contributed by atoms with E-state index in [0.29, 0.717) is 30.0 Å². The summed E-state index contributed by atoms with van der Waals surface area (Å²) in [6.45, 7) is 0.430. The van der Waals surface area contributed by atoms with E-state index in [-0.39, 0.29) is 11.8 Å². The first-order chi connectivity index (χ1) is 15.7. The van der Waals surface area contributed by atoms with E-state index in [1.54, 1.807) is 41.5 Å². The number of nitrogens with one attached hydrogen (secondary N) is 1. The predicted octanol–water partition coefficient (Wildman–Crippen LogP) is 1.92. The van der Waals surface area contributed by atoms with Crippen LogP contribution in [0.15, 0.2) is 53.6 Å². The summed E-state index contributed by atoms with van der Waals surface area (Å²) in [5.74, 6) is 0.214. The van der Waals surface area contributed by atoms with Crippen molar-refractivity contribution in [2.75, 3.05) is 6.54 Å². The first-order valence-corrected chi connectivity index (χ1v) is 10.0. The molecule has 11 nitrogen and oxygen atoms in total. The van der Waals surface area contributed by atoms with Gasteiger partial charge in [-0.2, -0.15) is 5.10 Å². The van der Waals surface area contributed by atoms with Gasteiger partial charge in [0.15, 0.2) is 5.82 Å². The van der Waals surface area contributed by atoms with Crippen molar-refractivity contribution >= 4 is 16.8 Å². The van der Waals surface area contributed by atoms with Crippen LogP contribution in [-0.2, 0) is 13.5 Å². The summed E-state index contributed by atoms with van der Waals surface area (Å²) in [5.41, 5.74) is 3.11. The summed E-state index contributed by atoms with van der Waals surface area (Å²) in [5, 5.41) is 13.0. The third-order valence-electron chi connectivity index (χ3n) is 5.50. The fourth-order valence-corrected chi connectivity index (χ4v) is 3.96. The second-order valence-corrected chi connectivity index (χ2v) is 7.52. The molecule has 0 fully saturated rings. The summed E-state index contributed by atoms with van der Waals surface area (Å²) < 4.78 is 7.31. The monoisotopic (exact) mass is 427 g/mol. The highest BCUT2D eigenvalue weighted by molar-refractivity contribution is 5.90. The Morgan fingerprint density at radius 2 is 2.09 bits per heavy atom. The van der Waals surface area contributed by atoms with Crippen LogP contribution >= 0.6 is 0 Å². The normalized spacial score (nSPS) is 15.8. The molecule has 0 saturated heterocycles. The van der Waals surface area contributed by atoms with E-state index in [1.807, 2.05) is 24.3 Å². The molecule has 1 amide bonds. The average Bonchev–Trinajstić information content (AvgIpc) is 3.58. The van der Waals surface area contributed by atoms with Crippen LogP contribution in [0.25, 0.3) is 22.4 Å². The number of hydrogen-bond donors (Lipinski definition) is 1. The zero-order chi connectivity index (χ0) is 21.7. The summed E-state index contributed by atoms with van der Waals surface area (Å²) in [6.07, 6.45) is 7.35. The summed E-state index contributed by atoms with van der Waals surface area (Å²) in [4.78, 5) is 32.0. The van der Waals surface area contributed by atoms with Crippen LogP contribution in [-0.4, -0.2) is 57.3 Å². The van der Waals surface area contributed by atoms with Crippen LogP contribution in [0.5, 0.6) is 0 Å². The van der Waals surface area contributed by atoms with Crippen molar-refractivity contribution in [2.45, 2.75) is 12.5 Å². The van der Waals surface area contributed by atoms with Crippen LogP contribution < -0.4 is 0 Å². The minimum atomic E-state index is -0.573. The lowest BCUT2D eigenvalue weighted by Crippen LogP contribution is -2.41. The molecule has 0 unspecified atom stereocenters. The number of aromatic amines is 1. The SMILES string of the molecule is Cn1cc(-c2nnc(C(=O)N3CCc4[nH]cnc4[C@@H]3c3ncc4ccccc4n3)o2)cn1. The van der Waals surface area contributed by atoms with Crippen molar-refractivity contribution in [1.82, 2.24) is 44.8 Å². The van der Waals surface area contributed by atoms with Crippen molar-refractivity contribution < 1.29 is 9.21 Å². The third kappa shape index (κ3) is 2.94. The van der Waals surface area contributed by atoms with Crippen LogP contribution in [0.1, 0.15) is 33.9 Å². The number of nitrogens with zero attached hydrogens (tertiary/aromatic N) is 8. The third-order valence-corrected chi connectivity index (χ3v) is 5.50. The van der Waals surface area contributed by atoms with Gasteiger partial charge in [0, 0.05) is 43.5 Å². The maximum Gasteiger partial charge on any atom is 0.312 e. The number of carbonyl (C=O) groups excluding carboxylic acids is 1. The number of para-hydroxylation sites is 1. The van der Waals surface area contributed by atoms with Gasteiger partial charge in [0.05, 0.1) is 29.3 Å². The Kier molecular flexibility index (Phi) is 4.06. The van der Waals surface area contributed by atoms with Gasteiger partial charge in [-0.15, -0.1) is 10.2 Å². The zero-order valence-corrected chi connectivity index (χ0v) is 17.0. The molecule has 0 bridgehead atoms. The molecular formula is C21H17N9O2. The van der Waals surface area contributed by atoms with Crippen molar-refractivity contribution in [3.8, 4) is 11.5 Å². The molecule has 32 heavy (non-hydrogen) atoms. The Morgan fingerprint density at radius 1 is 1.19 bits per heavy atom. The Labute approximate surface area is 181 Å². The molecule has 1 aromatic carbocycles. The minimum absolute atomic E-state index is 0.103. The number of fused-ring (bicyclic) bond motifs is 2. The lowest BCUT2D eigenvalue weighted by atomic mass is 10.0. The lowest BCUT2D eigenvalue weighted by molar-refractivity contribution is 0.0643. The quantitative estimate of drug-likeness (QED) is 0.462. The van der Waals surface area contributed by atoms with Crippen LogP contribution in [0.4, 0.5) is 0 Å². The Bertz CT molecular complexity index is 1450. The molecule has 1 aliphatic heterocycles. The van der Waals surface area contributed by atoms with Gasteiger partial charge >= 0.3 is 11.8 Å². The summed E-state index contributed by atoms with van der Waals surface area (Å²) in [6, 6.07) is 7.14. The van der Waals surface area contributed by atoms with Gasteiger partial charge in [-0.05, 0) is 6.07 Å². The molecule has 0 aliphatic carbocycles. The number of amides is 1. The van der Waals surface area contributed by atoms with Crippen LogP contribution in [0.3, 0.4) is 0 Å². The van der Waals surface area contributed by atoms with Crippen molar-refractivity contribution in [2.24, 2.45) is 7.05 Å². The molecule has 11 heteroatoms. The molecule has 0 radical (unpaired) electrons. The number of rotatable bonds is 3. The standard InChI is InChI=1S/C21H17N9O2/c1-29-10-13(9-25-29)19-27-28-20(32-19)21(31)30-7-6-15-16(24-11-23-15)17(30)18-22-8-12-4-2-3-5-14(12)26-18/h2-5,8-11,17H,6-7H2,1H3,(H,23,24)/t17-/m1/s1. The average molecular weight is 427 g/mol. The smallest absolute Gasteiger partial charge is 0.312 e. The molecule has 1 atom stereocenters. The molecule has 4 aromatic heterocycles. The molecule has 0 spiro atoms. The van der Waals surface area contributed by atoms with Crippen molar-refractivity contribution in [3.63, 3.8) is 0 Å². The zero-order valence-electron chi connectivity index (χ0n) is 17.0. The second-order valence-electron chi connectivity index (χ2n) is 7.52. The number of carbonyl (C=O) groups is 1.